The van der Waals surface area contributed by atoms with Crippen LogP contribution in [0.25, 0.3) is 0 Å². The van der Waals surface area contributed by atoms with Gasteiger partial charge in [0, 0.05) is 11.8 Å². The van der Waals surface area contributed by atoms with E-state index in [1.165, 1.54) is 66.8 Å². The molecule has 0 heterocycles. The van der Waals surface area contributed by atoms with Crippen molar-refractivity contribution >= 4 is 0 Å². The molecular formula is C38H38. The molecule has 38 heavy (non-hydrogen) atoms. The predicted molar refractivity (Wildman–Crippen MR) is 163 cm³/mol. The third kappa shape index (κ3) is 5.36. The van der Waals surface area contributed by atoms with Crippen molar-refractivity contribution in [1.82, 2.24) is 0 Å². The Morgan fingerprint density at radius 1 is 0.289 bits per heavy atom. The van der Waals surface area contributed by atoms with E-state index in [1.54, 1.807) is 0 Å². The maximum atomic E-state index is 2.37. The lowest BCUT2D eigenvalue weighted by Crippen LogP contribution is -2.07. The van der Waals surface area contributed by atoms with Crippen LogP contribution in [0.2, 0.25) is 0 Å². The molecule has 5 aromatic carbocycles. The number of hydrogen-bond donors (Lipinski definition) is 0. The molecule has 0 amide bonds. The van der Waals surface area contributed by atoms with Gasteiger partial charge in [0.2, 0.25) is 0 Å². The number of aryl methyl sites for hydroxylation is 6. The van der Waals surface area contributed by atoms with Gasteiger partial charge >= 0.3 is 0 Å². The van der Waals surface area contributed by atoms with Crippen LogP contribution < -0.4 is 0 Å². The van der Waals surface area contributed by atoms with E-state index < -0.39 is 0 Å². The smallest absolute Gasteiger partial charge is 0.0340 e. The topological polar surface area (TPSA) is 0 Å². The molecule has 0 aliphatic carbocycles. The van der Waals surface area contributed by atoms with Gasteiger partial charge in [-0.25, -0.2) is 0 Å². The van der Waals surface area contributed by atoms with E-state index >= 15 is 0 Å². The summed E-state index contributed by atoms with van der Waals surface area (Å²) in [7, 11) is 0. The molecule has 0 heteroatoms. The Bertz CT molecular complexity index is 1440. The van der Waals surface area contributed by atoms with Gasteiger partial charge in [0.05, 0.1) is 0 Å². The minimum absolute atomic E-state index is 0.194. The van der Waals surface area contributed by atoms with E-state index in [-0.39, 0.29) is 11.8 Å². The van der Waals surface area contributed by atoms with E-state index in [0.29, 0.717) is 0 Å². The Morgan fingerprint density at radius 3 is 0.868 bits per heavy atom. The van der Waals surface area contributed by atoms with Crippen LogP contribution in [-0.2, 0) is 0 Å². The zero-order chi connectivity index (χ0) is 26.8. The second-order valence-electron chi connectivity index (χ2n) is 11.0. The molecule has 5 rings (SSSR count). The fourth-order valence-electron chi connectivity index (χ4n) is 5.44. The highest BCUT2D eigenvalue weighted by molar-refractivity contribution is 5.50. The highest BCUT2D eigenvalue weighted by Crippen LogP contribution is 2.37. The number of hydrogen-bond acceptors (Lipinski definition) is 0. The molecule has 0 radical (unpaired) electrons. The molecular weight excluding hydrogens is 456 g/mol. The Hall–Kier alpha value is -3.90. The van der Waals surface area contributed by atoms with Crippen LogP contribution >= 0.6 is 0 Å². The van der Waals surface area contributed by atoms with E-state index in [2.05, 4.69) is 151 Å². The van der Waals surface area contributed by atoms with Crippen LogP contribution in [0.15, 0.2) is 109 Å². The zero-order valence-corrected chi connectivity index (χ0v) is 23.5. The van der Waals surface area contributed by atoms with E-state index in [9.17, 15) is 0 Å². The Morgan fingerprint density at radius 2 is 0.553 bits per heavy atom. The molecule has 0 fully saturated rings. The molecule has 0 aliphatic heterocycles. The van der Waals surface area contributed by atoms with Crippen LogP contribution in [0.5, 0.6) is 0 Å². The van der Waals surface area contributed by atoms with Gasteiger partial charge in [-0.2, -0.15) is 0 Å². The second-order valence-corrected chi connectivity index (χ2v) is 11.0. The third-order valence-electron chi connectivity index (χ3n) is 8.15. The molecule has 0 unspecified atom stereocenters. The van der Waals surface area contributed by atoms with Gasteiger partial charge in [-0.1, -0.05) is 120 Å². The number of rotatable bonds is 6. The second kappa shape index (κ2) is 10.8. The molecule has 0 aromatic heterocycles. The van der Waals surface area contributed by atoms with Gasteiger partial charge in [-0.05, 0) is 97.2 Å². The summed E-state index contributed by atoms with van der Waals surface area (Å²) in [5.74, 6) is 0.395. The van der Waals surface area contributed by atoms with Crippen LogP contribution in [-0.4, -0.2) is 0 Å². The van der Waals surface area contributed by atoms with Crippen LogP contribution in [0.4, 0.5) is 0 Å². The largest absolute Gasteiger partial charge is 0.0590 e. The SMILES string of the molecule is Cc1ccc(C(c2ccc(C)cc2)c2ccc(C(c3ccc(C)c(C)c3)c3ccc(C)c(C)c3)cc2)cc1. The summed E-state index contributed by atoms with van der Waals surface area (Å²) in [5.41, 5.74) is 15.9. The molecule has 0 atom stereocenters. The van der Waals surface area contributed by atoms with Gasteiger partial charge in [-0.3, -0.25) is 0 Å². The first-order valence-electron chi connectivity index (χ1n) is 13.7. The van der Waals surface area contributed by atoms with Crippen molar-refractivity contribution < 1.29 is 0 Å². The fourth-order valence-corrected chi connectivity index (χ4v) is 5.44. The Balaban J connectivity index is 1.60. The average molecular weight is 495 g/mol. The standard InChI is InChI=1S/C38H38/c1-25-7-13-31(14-8-25)37(32-15-9-26(2)10-16-32)33-19-21-34(22-20-33)38(35-17-11-27(3)29(5)23-35)36-18-12-28(4)30(6)24-36/h7-24,37-38H,1-6H3. The van der Waals surface area contributed by atoms with Crippen LogP contribution in [0, 0.1) is 41.5 Å². The fraction of sp³-hybridized carbons (Fsp3) is 0.211. The summed E-state index contributed by atoms with van der Waals surface area (Å²) < 4.78 is 0. The lowest BCUT2D eigenvalue weighted by molar-refractivity contribution is 0.945. The summed E-state index contributed by atoms with van der Waals surface area (Å²) in [6.45, 7) is 13.1. The van der Waals surface area contributed by atoms with Crippen molar-refractivity contribution in [3.63, 3.8) is 0 Å². The lowest BCUT2D eigenvalue weighted by atomic mass is 9.80. The summed E-state index contributed by atoms with van der Waals surface area (Å²) in [4.78, 5) is 0. The zero-order valence-electron chi connectivity index (χ0n) is 23.5. The molecule has 0 saturated heterocycles. The summed E-state index contributed by atoms with van der Waals surface area (Å²) in [6, 6.07) is 41.2. The normalized spacial score (nSPS) is 11.4. The highest BCUT2D eigenvalue weighted by Gasteiger charge is 2.21. The maximum absolute atomic E-state index is 2.37. The molecule has 0 spiro atoms. The van der Waals surface area contributed by atoms with Crippen molar-refractivity contribution in [1.29, 1.82) is 0 Å². The Labute approximate surface area is 229 Å². The van der Waals surface area contributed by atoms with Gasteiger partial charge in [0.15, 0.2) is 0 Å². The van der Waals surface area contributed by atoms with Crippen LogP contribution in [0.3, 0.4) is 0 Å². The molecule has 0 aliphatic rings. The van der Waals surface area contributed by atoms with E-state index in [0.717, 1.165) is 0 Å². The summed E-state index contributed by atoms with van der Waals surface area (Å²) >= 11 is 0. The summed E-state index contributed by atoms with van der Waals surface area (Å²) in [5, 5.41) is 0. The molecule has 0 nitrogen and oxygen atoms in total. The van der Waals surface area contributed by atoms with Crippen molar-refractivity contribution in [2.24, 2.45) is 0 Å². The molecule has 0 N–H and O–H groups in total. The predicted octanol–water partition coefficient (Wildman–Crippen LogP) is 9.90. The number of benzene rings is 5. The van der Waals surface area contributed by atoms with E-state index in [4.69, 9.17) is 0 Å². The minimum Gasteiger partial charge on any atom is -0.0590 e. The van der Waals surface area contributed by atoms with Gasteiger partial charge in [-0.15, -0.1) is 0 Å². The molecule has 0 saturated carbocycles. The van der Waals surface area contributed by atoms with Crippen LogP contribution in [0.1, 0.15) is 78.6 Å². The van der Waals surface area contributed by atoms with Crippen molar-refractivity contribution in [2.75, 3.05) is 0 Å². The maximum Gasteiger partial charge on any atom is 0.0340 e. The Kier molecular flexibility index (Phi) is 7.34. The van der Waals surface area contributed by atoms with Gasteiger partial charge in [0.25, 0.3) is 0 Å². The van der Waals surface area contributed by atoms with Crippen molar-refractivity contribution in [3.05, 3.63) is 176 Å². The average Bonchev–Trinajstić information content (AvgIpc) is 2.91. The lowest BCUT2D eigenvalue weighted by Gasteiger charge is -2.23. The molecule has 190 valence electrons. The first kappa shape index (κ1) is 25.7. The minimum atomic E-state index is 0.194. The first-order chi connectivity index (χ1) is 18.3. The van der Waals surface area contributed by atoms with E-state index in [1.807, 2.05) is 0 Å². The molecule has 0 bridgehead atoms. The highest BCUT2D eigenvalue weighted by atomic mass is 14.2. The monoisotopic (exact) mass is 494 g/mol. The van der Waals surface area contributed by atoms with Gasteiger partial charge in [0.1, 0.15) is 0 Å². The summed E-state index contributed by atoms with van der Waals surface area (Å²) in [6.07, 6.45) is 0. The quantitative estimate of drug-likeness (QED) is 0.206. The van der Waals surface area contributed by atoms with Crippen molar-refractivity contribution in [2.45, 2.75) is 53.4 Å². The van der Waals surface area contributed by atoms with Gasteiger partial charge < -0.3 is 0 Å². The van der Waals surface area contributed by atoms with Crippen molar-refractivity contribution in [3.8, 4) is 0 Å². The first-order valence-corrected chi connectivity index (χ1v) is 13.7. The third-order valence-corrected chi connectivity index (χ3v) is 8.15. The molecule has 5 aromatic rings.